The van der Waals surface area contributed by atoms with Crippen molar-refractivity contribution in [3.05, 3.63) is 75.7 Å². The highest BCUT2D eigenvalue weighted by atomic mass is 16.2. The van der Waals surface area contributed by atoms with Crippen molar-refractivity contribution in [2.45, 2.75) is 46.1 Å². The number of carbonyl (C=O) groups excluding carboxylic acids is 3. The van der Waals surface area contributed by atoms with Crippen molar-refractivity contribution in [3.8, 4) is 0 Å². The van der Waals surface area contributed by atoms with Crippen LogP contribution < -0.4 is 10.9 Å². The molecule has 2 heterocycles. The van der Waals surface area contributed by atoms with Crippen LogP contribution in [0.2, 0.25) is 0 Å². The molecule has 1 saturated heterocycles. The van der Waals surface area contributed by atoms with Gasteiger partial charge < -0.3 is 20.1 Å². The smallest absolute Gasteiger partial charge is 0.280 e. The van der Waals surface area contributed by atoms with E-state index in [1.807, 2.05) is 38.1 Å². The van der Waals surface area contributed by atoms with Gasteiger partial charge in [-0.15, -0.1) is 0 Å². The molecule has 1 aliphatic heterocycles. The maximum absolute atomic E-state index is 13.4. The molecule has 1 aromatic heterocycles. The van der Waals surface area contributed by atoms with Gasteiger partial charge in [-0.3, -0.25) is 19.2 Å². The van der Waals surface area contributed by atoms with Crippen molar-refractivity contribution in [2.24, 2.45) is 5.92 Å². The second-order valence-electron chi connectivity index (χ2n) is 11.1. The van der Waals surface area contributed by atoms with Gasteiger partial charge in [-0.25, -0.2) is 4.98 Å². The molecule has 9 heteroatoms. The number of aromatic nitrogens is 2. The lowest BCUT2D eigenvalue weighted by Crippen LogP contribution is -2.57. The number of benzene rings is 2. The van der Waals surface area contributed by atoms with Gasteiger partial charge in [-0.2, -0.15) is 0 Å². The summed E-state index contributed by atoms with van der Waals surface area (Å²) in [5, 5.41) is 2.72. The van der Waals surface area contributed by atoms with Crippen LogP contribution in [0, 0.1) is 5.92 Å². The zero-order valence-corrected chi connectivity index (χ0v) is 22.6. The third kappa shape index (κ3) is 5.77. The van der Waals surface area contributed by atoms with Crippen molar-refractivity contribution < 1.29 is 14.4 Å². The number of amides is 3. The summed E-state index contributed by atoms with van der Waals surface area (Å²) in [5.41, 5.74) is 1.91. The Morgan fingerprint density at radius 3 is 2.13 bits per heavy atom. The van der Waals surface area contributed by atoms with Gasteiger partial charge in [0, 0.05) is 31.7 Å². The number of para-hydroxylation sites is 2. The van der Waals surface area contributed by atoms with Gasteiger partial charge in [0.15, 0.2) is 5.69 Å². The molecule has 0 bridgehead atoms. The van der Waals surface area contributed by atoms with Crippen molar-refractivity contribution in [1.82, 2.24) is 25.1 Å². The molecule has 1 atom stereocenters. The number of nitrogens with one attached hydrogen (secondary N) is 2. The maximum atomic E-state index is 13.4. The predicted octanol–water partition coefficient (Wildman–Crippen LogP) is 2.96. The molecule has 0 spiro atoms. The van der Waals surface area contributed by atoms with Crippen LogP contribution in [0.4, 0.5) is 0 Å². The van der Waals surface area contributed by atoms with E-state index in [0.29, 0.717) is 42.8 Å². The molecular weight excluding hydrogens is 482 g/mol. The van der Waals surface area contributed by atoms with Gasteiger partial charge in [0.2, 0.25) is 5.91 Å². The average molecular weight is 518 g/mol. The minimum absolute atomic E-state index is 0.00775. The molecule has 0 unspecified atom stereocenters. The first-order valence-corrected chi connectivity index (χ1v) is 12.9. The molecule has 38 heavy (non-hydrogen) atoms. The van der Waals surface area contributed by atoms with Gasteiger partial charge in [-0.05, 0) is 41.2 Å². The first-order valence-electron chi connectivity index (χ1n) is 12.9. The first kappa shape index (κ1) is 27.0. The summed E-state index contributed by atoms with van der Waals surface area (Å²) in [6.07, 6.45) is 0. The zero-order valence-electron chi connectivity index (χ0n) is 22.6. The van der Waals surface area contributed by atoms with Gasteiger partial charge in [0.1, 0.15) is 6.04 Å². The predicted molar refractivity (Wildman–Crippen MR) is 146 cm³/mol. The topological polar surface area (TPSA) is 115 Å². The monoisotopic (exact) mass is 517 g/mol. The lowest BCUT2D eigenvalue weighted by Gasteiger charge is -2.37. The molecule has 0 radical (unpaired) electrons. The molecule has 3 amide bonds. The standard InChI is InChI=1S/C29H35N5O4/c1-18(2)23(32-26(36)24-25(35)31-22-9-7-6-8-21(22)30-24)28(38)34-16-14-33(15-17-34)27(37)19-10-12-20(13-11-19)29(3,4)5/h6-13,18,23H,14-17H2,1-5H3,(H,31,35)(H,32,36)/t23-/m0/s1. The Bertz CT molecular complexity index is 1400. The van der Waals surface area contributed by atoms with E-state index < -0.39 is 17.5 Å². The largest absolute Gasteiger partial charge is 0.338 e. The van der Waals surface area contributed by atoms with Crippen molar-refractivity contribution >= 4 is 28.8 Å². The Morgan fingerprint density at radius 2 is 1.53 bits per heavy atom. The Balaban J connectivity index is 1.40. The van der Waals surface area contributed by atoms with E-state index >= 15 is 0 Å². The van der Waals surface area contributed by atoms with Crippen LogP contribution in [0.1, 0.15) is 61.0 Å². The molecule has 3 aromatic rings. The number of fused-ring (bicyclic) bond motifs is 1. The molecule has 1 fully saturated rings. The summed E-state index contributed by atoms with van der Waals surface area (Å²) >= 11 is 0. The van der Waals surface area contributed by atoms with Crippen LogP contribution >= 0.6 is 0 Å². The summed E-state index contributed by atoms with van der Waals surface area (Å²) in [6, 6.07) is 13.8. The van der Waals surface area contributed by atoms with E-state index in [0.717, 1.165) is 5.56 Å². The highest BCUT2D eigenvalue weighted by Gasteiger charge is 2.33. The van der Waals surface area contributed by atoms with Crippen LogP contribution in [-0.4, -0.2) is 69.7 Å². The highest BCUT2D eigenvalue weighted by molar-refractivity contribution is 5.97. The van der Waals surface area contributed by atoms with E-state index in [2.05, 4.69) is 36.1 Å². The lowest BCUT2D eigenvalue weighted by atomic mass is 9.86. The number of nitrogens with zero attached hydrogens (tertiary/aromatic N) is 3. The Labute approximate surface area is 222 Å². The number of hydrogen-bond donors (Lipinski definition) is 2. The van der Waals surface area contributed by atoms with E-state index in [1.165, 1.54) is 0 Å². The number of H-pyrrole nitrogens is 1. The number of carbonyl (C=O) groups is 3. The van der Waals surface area contributed by atoms with Crippen molar-refractivity contribution in [1.29, 1.82) is 0 Å². The molecule has 2 N–H and O–H groups in total. The van der Waals surface area contributed by atoms with Crippen LogP contribution in [0.5, 0.6) is 0 Å². The summed E-state index contributed by atoms with van der Waals surface area (Å²) < 4.78 is 0. The Morgan fingerprint density at radius 1 is 0.921 bits per heavy atom. The third-order valence-electron chi connectivity index (χ3n) is 6.91. The average Bonchev–Trinajstić information content (AvgIpc) is 2.90. The highest BCUT2D eigenvalue weighted by Crippen LogP contribution is 2.23. The molecule has 0 aliphatic carbocycles. The quantitative estimate of drug-likeness (QED) is 0.540. The first-order chi connectivity index (χ1) is 18.0. The summed E-state index contributed by atoms with van der Waals surface area (Å²) in [5.74, 6) is -1.22. The molecular formula is C29H35N5O4. The van der Waals surface area contributed by atoms with Gasteiger partial charge >= 0.3 is 0 Å². The Kier molecular flexibility index (Phi) is 7.66. The number of hydrogen-bond acceptors (Lipinski definition) is 5. The van der Waals surface area contributed by atoms with Gasteiger partial charge in [0.25, 0.3) is 17.4 Å². The second-order valence-corrected chi connectivity index (χ2v) is 11.1. The maximum Gasteiger partial charge on any atom is 0.280 e. The van der Waals surface area contributed by atoms with E-state index in [-0.39, 0.29) is 28.8 Å². The van der Waals surface area contributed by atoms with Crippen LogP contribution in [-0.2, 0) is 10.2 Å². The minimum atomic E-state index is -0.831. The second kappa shape index (κ2) is 10.8. The fourth-order valence-corrected chi connectivity index (χ4v) is 4.53. The van der Waals surface area contributed by atoms with E-state index in [4.69, 9.17) is 0 Å². The number of aromatic amines is 1. The fourth-order valence-electron chi connectivity index (χ4n) is 4.53. The van der Waals surface area contributed by atoms with E-state index in [1.54, 1.807) is 34.1 Å². The number of rotatable bonds is 5. The fraction of sp³-hybridized carbons (Fsp3) is 0.414. The number of piperazine rings is 1. The summed E-state index contributed by atoms with van der Waals surface area (Å²) in [7, 11) is 0. The van der Waals surface area contributed by atoms with Gasteiger partial charge in [0.05, 0.1) is 11.0 Å². The van der Waals surface area contributed by atoms with Crippen LogP contribution in [0.3, 0.4) is 0 Å². The van der Waals surface area contributed by atoms with Crippen molar-refractivity contribution in [3.63, 3.8) is 0 Å². The molecule has 9 nitrogen and oxygen atoms in total. The zero-order chi connectivity index (χ0) is 27.6. The molecule has 0 saturated carbocycles. The molecule has 200 valence electrons. The third-order valence-corrected chi connectivity index (χ3v) is 6.91. The Hall–Kier alpha value is -4.01. The van der Waals surface area contributed by atoms with E-state index in [9.17, 15) is 19.2 Å². The minimum Gasteiger partial charge on any atom is -0.338 e. The van der Waals surface area contributed by atoms with Gasteiger partial charge in [-0.1, -0.05) is 58.9 Å². The summed E-state index contributed by atoms with van der Waals surface area (Å²) in [4.78, 5) is 62.1. The molecule has 1 aliphatic rings. The van der Waals surface area contributed by atoms with Crippen molar-refractivity contribution in [2.75, 3.05) is 26.2 Å². The normalized spacial score (nSPS) is 15.0. The lowest BCUT2D eigenvalue weighted by molar-refractivity contribution is -0.135. The molecule has 4 rings (SSSR count). The molecule has 2 aromatic carbocycles. The van der Waals surface area contributed by atoms with Crippen LogP contribution in [0.15, 0.2) is 53.3 Å². The summed E-state index contributed by atoms with van der Waals surface area (Å²) in [6.45, 7) is 11.6. The SMILES string of the molecule is CC(C)[C@H](NC(=O)c1nc2ccccc2[nH]c1=O)C(=O)N1CCN(C(=O)c2ccc(C(C)(C)C)cc2)CC1. The van der Waals surface area contributed by atoms with Crippen LogP contribution in [0.25, 0.3) is 11.0 Å².